The fraction of sp³-hybridized carbons (Fsp3) is 0.143. The van der Waals surface area contributed by atoms with Crippen molar-refractivity contribution in [3.63, 3.8) is 0 Å². The summed E-state index contributed by atoms with van der Waals surface area (Å²) in [5.74, 6) is 0. The number of nitrogens with one attached hydrogen (secondary N) is 1. The Bertz CT molecular complexity index is 1310. The van der Waals surface area contributed by atoms with E-state index in [0.717, 1.165) is 21.9 Å². The molecule has 0 aromatic heterocycles. The summed E-state index contributed by atoms with van der Waals surface area (Å²) >= 11 is 0. The molecule has 0 heterocycles. The lowest BCUT2D eigenvalue weighted by molar-refractivity contribution is 0.520. The molecule has 3 aromatic rings. The van der Waals surface area contributed by atoms with Crippen LogP contribution in [-0.4, -0.2) is 35.2 Å². The fourth-order valence-electron chi connectivity index (χ4n) is 3.44. The van der Waals surface area contributed by atoms with Crippen molar-refractivity contribution >= 4 is 25.7 Å². The molecule has 0 amide bonds. The Hall–Kier alpha value is -2.68. The Morgan fingerprint density at radius 1 is 0.759 bits per heavy atom. The molecule has 0 radical (unpaired) electrons. The smallest absolute Gasteiger partial charge is 0.261 e. The molecule has 6 nitrogen and oxygen atoms in total. The van der Waals surface area contributed by atoms with Crippen LogP contribution in [0.4, 0.5) is 5.69 Å². The Kier molecular flexibility index (Phi) is 4.72. The van der Waals surface area contributed by atoms with Gasteiger partial charge >= 0.3 is 0 Å². The molecule has 0 fully saturated rings. The molecule has 4 rings (SSSR count). The minimum absolute atomic E-state index is 0.0743. The molecule has 0 spiro atoms. The summed E-state index contributed by atoms with van der Waals surface area (Å²) in [5, 5.41) is 0. The molecule has 29 heavy (non-hydrogen) atoms. The molecule has 1 aliphatic rings. The molecular formula is C21H20N2O4S2. The van der Waals surface area contributed by atoms with E-state index in [1.54, 1.807) is 6.07 Å². The Morgan fingerprint density at radius 2 is 1.45 bits per heavy atom. The highest BCUT2D eigenvalue weighted by Gasteiger charge is 2.23. The van der Waals surface area contributed by atoms with Gasteiger partial charge in [-0.2, -0.15) is 0 Å². The minimum Gasteiger partial charge on any atom is -0.280 e. The van der Waals surface area contributed by atoms with Crippen LogP contribution in [0.2, 0.25) is 0 Å². The largest absolute Gasteiger partial charge is 0.280 e. The molecule has 1 aliphatic carbocycles. The van der Waals surface area contributed by atoms with Crippen LogP contribution in [-0.2, 0) is 26.5 Å². The predicted molar refractivity (Wildman–Crippen MR) is 113 cm³/mol. The second kappa shape index (κ2) is 6.98. The number of hydrogen-bond acceptors (Lipinski definition) is 4. The molecule has 150 valence electrons. The standard InChI is InChI=1S/C21H20N2O4S2/c1-23(2)29(26,27)19-8-5-7-18(14-19)28(24,25)22-17-10-11-21-16(13-17)12-15-6-3-4-9-20(15)21/h3-11,13-14,22H,12H2,1-2H3. The van der Waals surface area contributed by atoms with Crippen LogP contribution < -0.4 is 4.72 Å². The highest BCUT2D eigenvalue weighted by Crippen LogP contribution is 2.37. The van der Waals surface area contributed by atoms with E-state index in [-0.39, 0.29) is 9.79 Å². The van der Waals surface area contributed by atoms with Crippen LogP contribution in [0.15, 0.2) is 76.5 Å². The maximum absolute atomic E-state index is 12.8. The Balaban J connectivity index is 1.65. The quantitative estimate of drug-likeness (QED) is 0.529. The van der Waals surface area contributed by atoms with Gasteiger partial charge in [-0.1, -0.05) is 36.4 Å². The fourth-order valence-corrected chi connectivity index (χ4v) is 5.55. The van der Waals surface area contributed by atoms with Crippen LogP contribution >= 0.6 is 0 Å². The van der Waals surface area contributed by atoms with Gasteiger partial charge in [0.1, 0.15) is 0 Å². The van der Waals surface area contributed by atoms with Gasteiger partial charge in [-0.3, -0.25) is 4.72 Å². The molecule has 1 N–H and O–H groups in total. The van der Waals surface area contributed by atoms with E-state index in [4.69, 9.17) is 0 Å². The number of rotatable bonds is 5. The van der Waals surface area contributed by atoms with Gasteiger partial charge in [-0.15, -0.1) is 0 Å². The zero-order chi connectivity index (χ0) is 20.8. The molecule has 0 unspecified atom stereocenters. The highest BCUT2D eigenvalue weighted by molar-refractivity contribution is 7.93. The van der Waals surface area contributed by atoms with Crippen molar-refractivity contribution in [1.29, 1.82) is 0 Å². The van der Waals surface area contributed by atoms with Gasteiger partial charge in [0.05, 0.1) is 9.79 Å². The number of hydrogen-bond donors (Lipinski definition) is 1. The third-order valence-electron chi connectivity index (χ3n) is 4.94. The summed E-state index contributed by atoms with van der Waals surface area (Å²) in [4.78, 5) is -0.181. The van der Waals surface area contributed by atoms with Crippen LogP contribution in [0.5, 0.6) is 0 Å². The van der Waals surface area contributed by atoms with Gasteiger partial charge in [-0.05, 0) is 59.0 Å². The van der Waals surface area contributed by atoms with Crippen LogP contribution in [0.25, 0.3) is 11.1 Å². The first-order valence-electron chi connectivity index (χ1n) is 8.95. The van der Waals surface area contributed by atoms with Gasteiger partial charge in [0.25, 0.3) is 10.0 Å². The summed E-state index contributed by atoms with van der Waals surface area (Å²) in [6.07, 6.45) is 0.748. The van der Waals surface area contributed by atoms with Crippen LogP contribution in [0, 0.1) is 0 Å². The highest BCUT2D eigenvalue weighted by atomic mass is 32.2. The molecule has 0 atom stereocenters. The van der Waals surface area contributed by atoms with Crippen molar-refractivity contribution in [1.82, 2.24) is 4.31 Å². The number of anilines is 1. The lowest BCUT2D eigenvalue weighted by atomic mass is 10.1. The average Bonchev–Trinajstić information content (AvgIpc) is 3.05. The van der Waals surface area contributed by atoms with Crippen molar-refractivity contribution in [2.75, 3.05) is 18.8 Å². The Labute approximate surface area is 170 Å². The third-order valence-corrected chi connectivity index (χ3v) is 8.13. The van der Waals surface area contributed by atoms with E-state index in [0.29, 0.717) is 5.69 Å². The van der Waals surface area contributed by atoms with Gasteiger partial charge < -0.3 is 0 Å². The predicted octanol–water partition coefficient (Wildman–Crippen LogP) is 3.31. The minimum atomic E-state index is -3.94. The topological polar surface area (TPSA) is 83.6 Å². The number of nitrogens with zero attached hydrogens (tertiary/aromatic N) is 1. The van der Waals surface area contributed by atoms with Gasteiger partial charge in [-0.25, -0.2) is 21.1 Å². The normalized spacial score (nSPS) is 13.2. The Morgan fingerprint density at radius 3 is 2.21 bits per heavy atom. The zero-order valence-electron chi connectivity index (χ0n) is 16.0. The van der Waals surface area contributed by atoms with Crippen molar-refractivity contribution in [3.8, 4) is 11.1 Å². The van der Waals surface area contributed by atoms with Gasteiger partial charge in [0.2, 0.25) is 10.0 Å². The molecule has 0 bridgehead atoms. The van der Waals surface area contributed by atoms with Crippen molar-refractivity contribution in [3.05, 3.63) is 77.9 Å². The van der Waals surface area contributed by atoms with E-state index in [1.807, 2.05) is 24.3 Å². The van der Waals surface area contributed by atoms with Crippen LogP contribution in [0.3, 0.4) is 0 Å². The molecular weight excluding hydrogens is 408 g/mol. The second-order valence-corrected chi connectivity index (χ2v) is 10.9. The molecule has 0 aliphatic heterocycles. The molecule has 0 saturated heterocycles. The maximum atomic E-state index is 12.8. The summed E-state index contributed by atoms with van der Waals surface area (Å²) in [6.45, 7) is 0. The number of benzene rings is 3. The van der Waals surface area contributed by atoms with Gasteiger partial charge in [0.15, 0.2) is 0 Å². The average molecular weight is 429 g/mol. The van der Waals surface area contributed by atoms with E-state index < -0.39 is 20.0 Å². The van der Waals surface area contributed by atoms with E-state index in [2.05, 4.69) is 16.9 Å². The third kappa shape index (κ3) is 3.55. The summed E-state index contributed by atoms with van der Waals surface area (Å²) in [7, 11) is -4.87. The summed E-state index contributed by atoms with van der Waals surface area (Å²) in [6, 6.07) is 18.9. The van der Waals surface area contributed by atoms with E-state index in [9.17, 15) is 16.8 Å². The molecule has 3 aromatic carbocycles. The zero-order valence-corrected chi connectivity index (χ0v) is 17.6. The van der Waals surface area contributed by atoms with E-state index >= 15 is 0 Å². The molecule has 8 heteroatoms. The molecule has 0 saturated carbocycles. The first kappa shape index (κ1) is 19.6. The van der Waals surface area contributed by atoms with Crippen molar-refractivity contribution in [2.24, 2.45) is 0 Å². The van der Waals surface area contributed by atoms with Gasteiger partial charge in [0, 0.05) is 19.8 Å². The SMILES string of the molecule is CN(C)S(=O)(=O)c1cccc(S(=O)(=O)Nc2ccc3c(c2)Cc2ccccc2-3)c1. The lowest BCUT2D eigenvalue weighted by Gasteiger charge is -2.13. The number of sulfonamides is 2. The van der Waals surface area contributed by atoms with E-state index in [1.165, 1.54) is 49.5 Å². The maximum Gasteiger partial charge on any atom is 0.261 e. The van der Waals surface area contributed by atoms with Crippen molar-refractivity contribution < 1.29 is 16.8 Å². The first-order valence-corrected chi connectivity index (χ1v) is 11.9. The second-order valence-electron chi connectivity index (χ2n) is 7.07. The van der Waals surface area contributed by atoms with Crippen LogP contribution in [0.1, 0.15) is 11.1 Å². The monoisotopic (exact) mass is 428 g/mol. The summed E-state index contributed by atoms with van der Waals surface area (Å²) in [5.41, 5.74) is 4.97. The lowest BCUT2D eigenvalue weighted by Crippen LogP contribution is -2.22. The van der Waals surface area contributed by atoms with Crippen molar-refractivity contribution in [2.45, 2.75) is 16.2 Å². The summed E-state index contributed by atoms with van der Waals surface area (Å²) < 4.78 is 53.9. The number of fused-ring (bicyclic) bond motifs is 3. The first-order chi connectivity index (χ1) is 13.7.